The van der Waals surface area contributed by atoms with Crippen molar-refractivity contribution in [1.82, 2.24) is 9.38 Å². The van der Waals surface area contributed by atoms with Gasteiger partial charge >= 0.3 is 5.97 Å². The summed E-state index contributed by atoms with van der Waals surface area (Å²) in [6.45, 7) is 3.36. The van der Waals surface area contributed by atoms with Gasteiger partial charge in [0.1, 0.15) is 12.4 Å². The lowest BCUT2D eigenvalue weighted by atomic mass is 10.2. The number of hydrogen-bond acceptors (Lipinski definition) is 6. The minimum atomic E-state index is -0.543. The number of aryl methyl sites for hydroxylation is 2. The van der Waals surface area contributed by atoms with Gasteiger partial charge in [0.15, 0.2) is 11.6 Å². The van der Waals surface area contributed by atoms with E-state index in [0.29, 0.717) is 21.4 Å². The summed E-state index contributed by atoms with van der Waals surface area (Å²) in [6, 6.07) is 6.49. The molecule has 0 amide bonds. The predicted octanol–water partition coefficient (Wildman–Crippen LogP) is 3.15. The standard InChI is InChI=1S/C17H15ClN2O4S/c1-10-5-12(18)3-4-14(10)23-8-16(22)24-7-13-6-15(21)20-11(2)9-25-17(20)19-13/h3-6,9H,7-8H2,1-2H3. The lowest BCUT2D eigenvalue weighted by molar-refractivity contribution is -0.147. The maximum Gasteiger partial charge on any atom is 0.344 e. The highest BCUT2D eigenvalue weighted by atomic mass is 35.5. The van der Waals surface area contributed by atoms with Crippen molar-refractivity contribution >= 4 is 33.9 Å². The van der Waals surface area contributed by atoms with Crippen molar-refractivity contribution in [3.8, 4) is 5.75 Å². The smallest absolute Gasteiger partial charge is 0.344 e. The van der Waals surface area contributed by atoms with E-state index in [1.165, 1.54) is 21.8 Å². The molecule has 0 aliphatic heterocycles. The molecule has 130 valence electrons. The highest BCUT2D eigenvalue weighted by Crippen LogP contribution is 2.21. The Kier molecular flexibility index (Phi) is 5.06. The third-order valence-corrected chi connectivity index (χ3v) is 4.67. The van der Waals surface area contributed by atoms with Gasteiger partial charge in [0.25, 0.3) is 5.56 Å². The fourth-order valence-electron chi connectivity index (χ4n) is 2.28. The molecule has 0 fully saturated rings. The molecule has 0 atom stereocenters. The van der Waals surface area contributed by atoms with Gasteiger partial charge in [-0.05, 0) is 37.6 Å². The first-order chi connectivity index (χ1) is 11.9. The van der Waals surface area contributed by atoms with E-state index in [2.05, 4.69) is 4.98 Å². The Bertz CT molecular complexity index is 996. The molecule has 0 aliphatic rings. The fraction of sp³-hybridized carbons (Fsp3) is 0.235. The second kappa shape index (κ2) is 7.25. The maximum absolute atomic E-state index is 12.1. The van der Waals surface area contributed by atoms with Crippen LogP contribution in [0.4, 0.5) is 0 Å². The van der Waals surface area contributed by atoms with Gasteiger partial charge in [-0.25, -0.2) is 9.78 Å². The number of aromatic nitrogens is 2. The van der Waals surface area contributed by atoms with Crippen LogP contribution in [0, 0.1) is 13.8 Å². The highest BCUT2D eigenvalue weighted by Gasteiger charge is 2.10. The van der Waals surface area contributed by atoms with Crippen molar-refractivity contribution in [2.75, 3.05) is 6.61 Å². The zero-order valence-corrected chi connectivity index (χ0v) is 15.2. The number of rotatable bonds is 5. The number of benzene rings is 1. The number of carbonyl (C=O) groups excluding carboxylic acids is 1. The molecular weight excluding hydrogens is 364 g/mol. The zero-order chi connectivity index (χ0) is 18.0. The Hall–Kier alpha value is -2.38. The van der Waals surface area contributed by atoms with E-state index in [4.69, 9.17) is 21.1 Å². The summed E-state index contributed by atoms with van der Waals surface area (Å²) < 4.78 is 12.1. The summed E-state index contributed by atoms with van der Waals surface area (Å²) in [4.78, 5) is 28.8. The first-order valence-corrected chi connectivity index (χ1v) is 8.71. The molecule has 2 heterocycles. The van der Waals surface area contributed by atoms with Crippen molar-refractivity contribution < 1.29 is 14.3 Å². The Morgan fingerprint density at radius 3 is 2.88 bits per heavy atom. The van der Waals surface area contributed by atoms with Crippen LogP contribution in [0.2, 0.25) is 5.02 Å². The molecule has 0 bridgehead atoms. The van der Waals surface area contributed by atoms with Crippen molar-refractivity contribution in [2.24, 2.45) is 0 Å². The van der Waals surface area contributed by atoms with Gasteiger partial charge in [0.05, 0.1) is 5.69 Å². The third-order valence-electron chi connectivity index (χ3n) is 3.49. The van der Waals surface area contributed by atoms with Crippen molar-refractivity contribution in [3.63, 3.8) is 0 Å². The van der Waals surface area contributed by atoms with E-state index < -0.39 is 5.97 Å². The lowest BCUT2D eigenvalue weighted by Crippen LogP contribution is -2.18. The third kappa shape index (κ3) is 4.00. The van der Waals surface area contributed by atoms with Crippen LogP contribution < -0.4 is 10.3 Å². The number of esters is 1. The Morgan fingerprint density at radius 1 is 1.32 bits per heavy atom. The number of hydrogen-bond donors (Lipinski definition) is 0. The van der Waals surface area contributed by atoms with Crippen LogP contribution in [0.3, 0.4) is 0 Å². The zero-order valence-electron chi connectivity index (χ0n) is 13.6. The number of fused-ring (bicyclic) bond motifs is 1. The summed E-state index contributed by atoms with van der Waals surface area (Å²) >= 11 is 7.24. The Labute approximate surface area is 152 Å². The van der Waals surface area contributed by atoms with Gasteiger partial charge in [-0.1, -0.05) is 11.6 Å². The number of halogens is 1. The molecule has 25 heavy (non-hydrogen) atoms. The molecule has 8 heteroatoms. The van der Waals surface area contributed by atoms with E-state index in [-0.39, 0.29) is 18.8 Å². The Balaban J connectivity index is 1.60. The van der Waals surface area contributed by atoms with E-state index in [9.17, 15) is 9.59 Å². The number of ether oxygens (including phenoxy) is 2. The molecule has 0 N–H and O–H groups in total. The van der Waals surface area contributed by atoms with Crippen molar-refractivity contribution in [1.29, 1.82) is 0 Å². The molecular formula is C17H15ClN2O4S. The van der Waals surface area contributed by atoms with Crippen LogP contribution in [0.25, 0.3) is 4.96 Å². The summed E-state index contributed by atoms with van der Waals surface area (Å²) in [7, 11) is 0. The van der Waals surface area contributed by atoms with Gasteiger partial charge in [-0.15, -0.1) is 11.3 Å². The van der Waals surface area contributed by atoms with E-state index in [1.54, 1.807) is 18.2 Å². The Morgan fingerprint density at radius 2 is 2.12 bits per heavy atom. The molecule has 0 unspecified atom stereocenters. The molecule has 0 saturated heterocycles. The van der Waals surface area contributed by atoms with Crippen LogP contribution >= 0.6 is 22.9 Å². The largest absolute Gasteiger partial charge is 0.482 e. The molecule has 6 nitrogen and oxygen atoms in total. The van der Waals surface area contributed by atoms with E-state index >= 15 is 0 Å². The second-order valence-corrected chi connectivity index (χ2v) is 6.71. The van der Waals surface area contributed by atoms with Gasteiger partial charge in [-0.2, -0.15) is 0 Å². The minimum absolute atomic E-state index is 0.0789. The average molecular weight is 379 g/mol. The predicted molar refractivity (Wildman–Crippen MR) is 95.6 cm³/mol. The van der Waals surface area contributed by atoms with E-state index in [1.807, 2.05) is 19.2 Å². The topological polar surface area (TPSA) is 69.9 Å². The van der Waals surface area contributed by atoms with Crippen LogP contribution in [-0.2, 0) is 16.1 Å². The number of carbonyl (C=O) groups is 1. The number of thiazole rings is 1. The molecule has 0 radical (unpaired) electrons. The van der Waals surface area contributed by atoms with Crippen molar-refractivity contribution in [2.45, 2.75) is 20.5 Å². The van der Waals surface area contributed by atoms with Crippen LogP contribution in [0.15, 0.2) is 34.4 Å². The second-order valence-electron chi connectivity index (χ2n) is 5.44. The summed E-state index contributed by atoms with van der Waals surface area (Å²) in [5.74, 6) is 0.0203. The monoisotopic (exact) mass is 378 g/mol. The normalized spacial score (nSPS) is 10.8. The molecule has 1 aromatic carbocycles. The summed E-state index contributed by atoms with van der Waals surface area (Å²) in [5.41, 5.74) is 1.87. The van der Waals surface area contributed by atoms with Crippen molar-refractivity contribution in [3.05, 3.63) is 62.0 Å². The molecule has 0 spiro atoms. The van der Waals surface area contributed by atoms with Gasteiger partial charge in [0.2, 0.25) is 0 Å². The summed E-state index contributed by atoms with van der Waals surface area (Å²) in [6.07, 6.45) is 0. The van der Waals surface area contributed by atoms with Gasteiger partial charge < -0.3 is 9.47 Å². The first kappa shape index (κ1) is 17.4. The molecule has 2 aromatic heterocycles. The fourth-order valence-corrected chi connectivity index (χ4v) is 3.40. The van der Waals surface area contributed by atoms with Gasteiger partial charge in [-0.3, -0.25) is 9.20 Å². The van der Waals surface area contributed by atoms with Crippen LogP contribution in [-0.4, -0.2) is 22.0 Å². The molecule has 3 aromatic rings. The lowest BCUT2D eigenvalue weighted by Gasteiger charge is -2.09. The SMILES string of the molecule is Cc1cc(Cl)ccc1OCC(=O)OCc1cc(=O)n2c(C)csc2n1. The minimum Gasteiger partial charge on any atom is -0.482 e. The maximum atomic E-state index is 12.1. The molecule has 0 saturated carbocycles. The number of nitrogens with zero attached hydrogens (tertiary/aromatic N) is 2. The molecule has 0 aliphatic carbocycles. The molecule has 3 rings (SSSR count). The van der Waals surface area contributed by atoms with E-state index in [0.717, 1.165) is 11.3 Å². The highest BCUT2D eigenvalue weighted by molar-refractivity contribution is 7.15. The first-order valence-electron chi connectivity index (χ1n) is 7.45. The summed E-state index contributed by atoms with van der Waals surface area (Å²) in [5, 5.41) is 2.45. The van der Waals surface area contributed by atoms with Crippen LogP contribution in [0.1, 0.15) is 17.0 Å². The van der Waals surface area contributed by atoms with Gasteiger partial charge in [0, 0.05) is 22.2 Å². The quantitative estimate of drug-likeness (QED) is 0.638. The average Bonchev–Trinajstić information content (AvgIpc) is 2.93. The van der Waals surface area contributed by atoms with Crippen LogP contribution in [0.5, 0.6) is 5.75 Å².